The quantitative estimate of drug-likeness (QED) is 0.623. The van der Waals surface area contributed by atoms with E-state index >= 15 is 0 Å². The lowest BCUT2D eigenvalue weighted by molar-refractivity contribution is -0.132. The Labute approximate surface area is 103 Å². The highest BCUT2D eigenvalue weighted by Gasteiger charge is 2.10. The van der Waals surface area contributed by atoms with E-state index in [-0.39, 0.29) is 5.75 Å². The molecule has 0 spiro atoms. The molecule has 2 rings (SSSR count). The smallest absolute Gasteiger partial charge is 0.346 e. The third-order valence-corrected chi connectivity index (χ3v) is 2.59. The maximum absolute atomic E-state index is 10.8. The monoisotopic (exact) mass is 239 g/mol. The van der Waals surface area contributed by atoms with Crippen LogP contribution < -0.4 is 0 Å². The van der Waals surface area contributed by atoms with Gasteiger partial charge < -0.3 is 10.2 Å². The standard InChI is InChI=1S/C14H9NO3/c15-8-10(14(17)18)7-12-11-4-2-1-3-9(11)5-6-13(12)16/h1-7,16H,(H,17,18)/b10-7+. The van der Waals surface area contributed by atoms with Gasteiger partial charge in [0, 0.05) is 5.56 Å². The molecule has 0 bridgehead atoms. The van der Waals surface area contributed by atoms with Gasteiger partial charge in [0.05, 0.1) is 0 Å². The molecule has 4 nitrogen and oxygen atoms in total. The van der Waals surface area contributed by atoms with Crippen LogP contribution in [0.25, 0.3) is 16.8 Å². The number of nitriles is 1. The van der Waals surface area contributed by atoms with E-state index < -0.39 is 11.5 Å². The number of nitrogens with zero attached hydrogens (tertiary/aromatic N) is 1. The highest BCUT2D eigenvalue weighted by atomic mass is 16.4. The lowest BCUT2D eigenvalue weighted by Gasteiger charge is -2.05. The van der Waals surface area contributed by atoms with E-state index in [1.807, 2.05) is 12.1 Å². The van der Waals surface area contributed by atoms with Crippen LogP contribution in [0.3, 0.4) is 0 Å². The van der Waals surface area contributed by atoms with Crippen LogP contribution in [0.5, 0.6) is 5.75 Å². The van der Waals surface area contributed by atoms with Gasteiger partial charge in [-0.1, -0.05) is 30.3 Å². The van der Waals surface area contributed by atoms with Gasteiger partial charge in [0.2, 0.25) is 0 Å². The van der Waals surface area contributed by atoms with E-state index in [4.69, 9.17) is 10.4 Å². The zero-order chi connectivity index (χ0) is 13.1. The van der Waals surface area contributed by atoms with Crippen LogP contribution in [0.1, 0.15) is 5.56 Å². The summed E-state index contributed by atoms with van der Waals surface area (Å²) in [5.74, 6) is -1.37. The Morgan fingerprint density at radius 1 is 1.22 bits per heavy atom. The average Bonchev–Trinajstić information content (AvgIpc) is 2.37. The van der Waals surface area contributed by atoms with Crippen LogP contribution in [0.2, 0.25) is 0 Å². The predicted molar refractivity (Wildman–Crippen MR) is 66.8 cm³/mol. The number of fused-ring (bicyclic) bond motifs is 1. The molecule has 0 saturated heterocycles. The second-order valence-electron chi connectivity index (χ2n) is 3.69. The van der Waals surface area contributed by atoms with Crippen molar-refractivity contribution in [1.29, 1.82) is 5.26 Å². The van der Waals surface area contributed by atoms with Crippen molar-refractivity contribution in [1.82, 2.24) is 0 Å². The Morgan fingerprint density at radius 3 is 2.61 bits per heavy atom. The highest BCUT2D eigenvalue weighted by Crippen LogP contribution is 2.29. The molecular weight excluding hydrogens is 230 g/mol. The van der Waals surface area contributed by atoms with E-state index in [0.717, 1.165) is 5.39 Å². The van der Waals surface area contributed by atoms with E-state index in [9.17, 15) is 9.90 Å². The number of carbonyl (C=O) groups is 1. The van der Waals surface area contributed by atoms with Crippen molar-refractivity contribution in [3.8, 4) is 11.8 Å². The van der Waals surface area contributed by atoms with Gasteiger partial charge in [-0.25, -0.2) is 4.79 Å². The summed E-state index contributed by atoms with van der Waals surface area (Å²) in [6.45, 7) is 0. The van der Waals surface area contributed by atoms with Gasteiger partial charge in [0.1, 0.15) is 17.4 Å². The molecule has 2 N–H and O–H groups in total. The van der Waals surface area contributed by atoms with Crippen molar-refractivity contribution in [2.45, 2.75) is 0 Å². The van der Waals surface area contributed by atoms with Gasteiger partial charge in [-0.05, 0) is 22.9 Å². The molecule has 0 heterocycles. The first-order chi connectivity index (χ1) is 8.63. The number of aliphatic carboxylic acids is 1. The Balaban J connectivity index is 2.75. The van der Waals surface area contributed by atoms with Crippen molar-refractivity contribution >= 4 is 22.8 Å². The molecule has 2 aromatic rings. The highest BCUT2D eigenvalue weighted by molar-refractivity contribution is 6.01. The SMILES string of the molecule is N#C/C(=C\c1c(O)ccc2ccccc12)C(=O)O. The summed E-state index contributed by atoms with van der Waals surface area (Å²) in [5, 5.41) is 28.9. The van der Waals surface area contributed by atoms with Gasteiger partial charge in [-0.2, -0.15) is 5.26 Å². The molecular formula is C14H9NO3. The molecule has 0 fully saturated rings. The fourth-order valence-electron chi connectivity index (χ4n) is 1.72. The molecule has 0 amide bonds. The third kappa shape index (κ3) is 2.02. The van der Waals surface area contributed by atoms with Crippen LogP contribution in [0.4, 0.5) is 0 Å². The number of carboxylic acid groups (broad SMARTS) is 1. The topological polar surface area (TPSA) is 81.3 Å². The second kappa shape index (κ2) is 4.60. The Morgan fingerprint density at radius 2 is 1.94 bits per heavy atom. The van der Waals surface area contributed by atoms with Crippen LogP contribution >= 0.6 is 0 Å². The Bertz CT molecular complexity index is 696. The lowest BCUT2D eigenvalue weighted by Crippen LogP contribution is -1.97. The van der Waals surface area contributed by atoms with Gasteiger partial charge in [-0.15, -0.1) is 0 Å². The summed E-state index contributed by atoms with van der Waals surface area (Å²) in [5.41, 5.74) is -0.0753. The van der Waals surface area contributed by atoms with Crippen LogP contribution in [0, 0.1) is 11.3 Å². The first-order valence-corrected chi connectivity index (χ1v) is 5.19. The van der Waals surface area contributed by atoms with Gasteiger partial charge in [0.15, 0.2) is 0 Å². The number of phenols is 1. The largest absolute Gasteiger partial charge is 0.507 e. The number of rotatable bonds is 2. The Hall–Kier alpha value is -2.80. The summed E-state index contributed by atoms with van der Waals surface area (Å²) in [6.07, 6.45) is 1.18. The van der Waals surface area contributed by atoms with Gasteiger partial charge in [0.25, 0.3) is 0 Å². The zero-order valence-electron chi connectivity index (χ0n) is 9.29. The molecule has 88 valence electrons. The van der Waals surface area contributed by atoms with E-state index in [1.54, 1.807) is 24.3 Å². The van der Waals surface area contributed by atoms with Crippen LogP contribution in [-0.4, -0.2) is 16.2 Å². The summed E-state index contributed by atoms with van der Waals surface area (Å²) in [4.78, 5) is 10.8. The molecule has 0 aromatic heterocycles. The second-order valence-corrected chi connectivity index (χ2v) is 3.69. The summed E-state index contributed by atoms with van der Waals surface area (Å²) in [6, 6.07) is 12.0. The number of benzene rings is 2. The van der Waals surface area contributed by atoms with E-state index in [1.165, 1.54) is 12.1 Å². The van der Waals surface area contributed by atoms with Crippen LogP contribution in [0.15, 0.2) is 42.0 Å². The first-order valence-electron chi connectivity index (χ1n) is 5.19. The molecule has 0 aliphatic heterocycles. The number of phenolic OH excluding ortho intramolecular Hbond substituents is 1. The third-order valence-electron chi connectivity index (χ3n) is 2.59. The molecule has 2 aromatic carbocycles. The summed E-state index contributed by atoms with van der Waals surface area (Å²) < 4.78 is 0. The first kappa shape index (κ1) is 11.7. The van der Waals surface area contributed by atoms with E-state index in [2.05, 4.69) is 0 Å². The molecule has 0 radical (unpaired) electrons. The minimum Gasteiger partial charge on any atom is -0.507 e. The fourth-order valence-corrected chi connectivity index (χ4v) is 1.72. The molecule has 0 unspecified atom stereocenters. The number of aromatic hydroxyl groups is 1. The van der Waals surface area contributed by atoms with Crippen molar-refractivity contribution in [2.24, 2.45) is 0 Å². The zero-order valence-corrected chi connectivity index (χ0v) is 9.29. The molecule has 18 heavy (non-hydrogen) atoms. The fraction of sp³-hybridized carbons (Fsp3) is 0. The number of hydrogen-bond donors (Lipinski definition) is 2. The normalized spacial score (nSPS) is 11.2. The molecule has 0 aliphatic rings. The minimum atomic E-state index is -1.31. The van der Waals surface area contributed by atoms with Crippen molar-refractivity contribution in [3.05, 3.63) is 47.5 Å². The molecule has 0 aliphatic carbocycles. The molecule has 4 heteroatoms. The Kier molecular flexibility index (Phi) is 2.98. The average molecular weight is 239 g/mol. The van der Waals surface area contributed by atoms with E-state index in [0.29, 0.717) is 10.9 Å². The van der Waals surface area contributed by atoms with Gasteiger partial charge in [-0.3, -0.25) is 0 Å². The van der Waals surface area contributed by atoms with Crippen molar-refractivity contribution in [2.75, 3.05) is 0 Å². The summed E-state index contributed by atoms with van der Waals surface area (Å²) >= 11 is 0. The van der Waals surface area contributed by atoms with Crippen LogP contribution in [-0.2, 0) is 4.79 Å². The lowest BCUT2D eigenvalue weighted by atomic mass is 10.0. The minimum absolute atomic E-state index is 0.0531. The molecule has 0 saturated carbocycles. The molecule has 0 atom stereocenters. The summed E-state index contributed by atoms with van der Waals surface area (Å²) in [7, 11) is 0. The predicted octanol–water partition coefficient (Wildman–Crippen LogP) is 2.54. The number of carboxylic acids is 1. The van der Waals surface area contributed by atoms with Crippen molar-refractivity contribution < 1.29 is 15.0 Å². The maximum atomic E-state index is 10.8. The van der Waals surface area contributed by atoms with Gasteiger partial charge >= 0.3 is 5.97 Å². The number of hydrogen-bond acceptors (Lipinski definition) is 3. The van der Waals surface area contributed by atoms with Crippen molar-refractivity contribution in [3.63, 3.8) is 0 Å². The maximum Gasteiger partial charge on any atom is 0.346 e.